The number of imide groups is 1. The van der Waals surface area contributed by atoms with E-state index in [1.54, 1.807) is 18.2 Å². The van der Waals surface area contributed by atoms with Gasteiger partial charge in [0.15, 0.2) is 0 Å². The molecular weight excluding hydrogens is 313 g/mol. The van der Waals surface area contributed by atoms with Gasteiger partial charge in [0, 0.05) is 5.56 Å². The summed E-state index contributed by atoms with van der Waals surface area (Å²) in [7, 11) is 0. The van der Waals surface area contributed by atoms with E-state index in [-0.39, 0.29) is 49.2 Å². The molecule has 1 aromatic rings. The first kappa shape index (κ1) is 17.0. The van der Waals surface area contributed by atoms with Crippen molar-refractivity contribution >= 4 is 11.8 Å². The number of halogens is 1. The monoisotopic (exact) mass is 335 g/mol. The maximum absolute atomic E-state index is 13.5. The van der Waals surface area contributed by atoms with Crippen LogP contribution in [0.4, 0.5) is 4.39 Å². The summed E-state index contributed by atoms with van der Waals surface area (Å²) in [6.07, 6.45) is 2.49. The highest BCUT2D eigenvalue weighted by atomic mass is 19.1. The van der Waals surface area contributed by atoms with Gasteiger partial charge >= 0.3 is 0 Å². The third-order valence-corrected chi connectivity index (χ3v) is 4.85. The molecule has 0 spiro atoms. The predicted molar refractivity (Wildman–Crippen MR) is 84.2 cm³/mol. The first-order valence-electron chi connectivity index (χ1n) is 8.42. The maximum Gasteiger partial charge on any atom is 0.233 e. The van der Waals surface area contributed by atoms with Crippen LogP contribution < -0.4 is 0 Å². The zero-order valence-electron chi connectivity index (χ0n) is 13.5. The number of benzene rings is 1. The molecule has 2 amide bonds. The Hall–Kier alpha value is -1.79. The van der Waals surface area contributed by atoms with E-state index >= 15 is 0 Å². The zero-order valence-corrected chi connectivity index (χ0v) is 13.5. The second-order valence-corrected chi connectivity index (χ2v) is 6.54. The third-order valence-electron chi connectivity index (χ3n) is 4.85. The minimum atomic E-state index is -0.968. The standard InChI is InChI=1S/C18H22FNO4/c19-16-8-4-1-5-12(16)10-24-11-13(21)9-20-17(22)14-6-2-3-7-15(14)18(20)23/h1,4-5,8,13-15,21H,2-3,6-7,9-11H2/t13-,14-,15+/m1/s1. The number of aliphatic hydroxyl groups is 1. The molecule has 24 heavy (non-hydrogen) atoms. The Morgan fingerprint density at radius 2 is 1.79 bits per heavy atom. The Balaban J connectivity index is 1.50. The second kappa shape index (κ2) is 7.40. The SMILES string of the molecule is O=C1[C@H]2CCCC[C@H]2C(=O)N1C[C@@H](O)COCc1ccccc1F. The van der Waals surface area contributed by atoms with Gasteiger partial charge in [0.2, 0.25) is 11.8 Å². The molecule has 2 aliphatic rings. The van der Waals surface area contributed by atoms with Crippen molar-refractivity contribution in [3.63, 3.8) is 0 Å². The van der Waals surface area contributed by atoms with E-state index in [0.717, 1.165) is 25.7 Å². The molecule has 1 saturated heterocycles. The lowest BCUT2D eigenvalue weighted by Crippen LogP contribution is -2.39. The normalized spacial score (nSPS) is 25.0. The number of aliphatic hydroxyl groups excluding tert-OH is 1. The topological polar surface area (TPSA) is 66.8 Å². The molecule has 3 rings (SSSR count). The van der Waals surface area contributed by atoms with Crippen LogP contribution in [-0.2, 0) is 20.9 Å². The van der Waals surface area contributed by atoms with Crippen molar-refractivity contribution in [2.45, 2.75) is 38.4 Å². The lowest BCUT2D eigenvalue weighted by Gasteiger charge is -2.19. The van der Waals surface area contributed by atoms with Gasteiger partial charge in [-0.1, -0.05) is 31.0 Å². The molecule has 1 aliphatic carbocycles. The largest absolute Gasteiger partial charge is 0.389 e. The molecule has 0 bridgehead atoms. The van der Waals surface area contributed by atoms with E-state index in [0.29, 0.717) is 5.56 Å². The van der Waals surface area contributed by atoms with E-state index in [1.807, 2.05) is 0 Å². The van der Waals surface area contributed by atoms with Crippen LogP contribution in [0.25, 0.3) is 0 Å². The fourth-order valence-corrected chi connectivity index (χ4v) is 3.59. The summed E-state index contributed by atoms with van der Waals surface area (Å²) in [6, 6.07) is 6.26. The van der Waals surface area contributed by atoms with Gasteiger partial charge in [-0.25, -0.2) is 4.39 Å². The summed E-state index contributed by atoms with van der Waals surface area (Å²) in [5.74, 6) is -1.12. The van der Waals surface area contributed by atoms with Gasteiger partial charge < -0.3 is 9.84 Å². The molecule has 130 valence electrons. The summed E-state index contributed by atoms with van der Waals surface area (Å²) in [6.45, 7) is -0.0699. The summed E-state index contributed by atoms with van der Waals surface area (Å²) < 4.78 is 18.8. The van der Waals surface area contributed by atoms with E-state index < -0.39 is 6.10 Å². The molecular formula is C18H22FNO4. The highest BCUT2D eigenvalue weighted by molar-refractivity contribution is 6.05. The number of hydrogen-bond acceptors (Lipinski definition) is 4. The third kappa shape index (κ3) is 3.49. The number of amides is 2. The van der Waals surface area contributed by atoms with Crippen molar-refractivity contribution in [1.82, 2.24) is 4.90 Å². The van der Waals surface area contributed by atoms with Crippen molar-refractivity contribution in [2.75, 3.05) is 13.2 Å². The van der Waals surface area contributed by atoms with Crippen molar-refractivity contribution in [3.8, 4) is 0 Å². The molecule has 0 unspecified atom stereocenters. The summed E-state index contributed by atoms with van der Waals surface area (Å²) in [5, 5.41) is 10.1. The Morgan fingerprint density at radius 3 is 2.42 bits per heavy atom. The van der Waals surface area contributed by atoms with E-state index in [1.165, 1.54) is 11.0 Å². The molecule has 1 heterocycles. The Kier molecular flexibility index (Phi) is 5.26. The molecule has 0 radical (unpaired) electrons. The Morgan fingerprint density at radius 1 is 1.17 bits per heavy atom. The average molecular weight is 335 g/mol. The number of hydrogen-bond donors (Lipinski definition) is 1. The van der Waals surface area contributed by atoms with Gasteiger partial charge in [-0.3, -0.25) is 14.5 Å². The van der Waals surface area contributed by atoms with Crippen molar-refractivity contribution in [3.05, 3.63) is 35.6 Å². The summed E-state index contributed by atoms with van der Waals surface area (Å²) in [4.78, 5) is 25.8. The van der Waals surface area contributed by atoms with Crippen LogP contribution in [0.3, 0.4) is 0 Å². The highest BCUT2D eigenvalue weighted by Crippen LogP contribution is 2.37. The minimum Gasteiger partial charge on any atom is -0.389 e. The van der Waals surface area contributed by atoms with Crippen LogP contribution in [0, 0.1) is 17.7 Å². The van der Waals surface area contributed by atoms with Gasteiger partial charge in [0.1, 0.15) is 5.82 Å². The maximum atomic E-state index is 13.5. The van der Waals surface area contributed by atoms with Gasteiger partial charge in [0.05, 0.1) is 37.7 Å². The predicted octanol–water partition coefficient (Wildman–Crippen LogP) is 1.88. The number of nitrogens with zero attached hydrogens (tertiary/aromatic N) is 1. The van der Waals surface area contributed by atoms with Gasteiger partial charge in [-0.05, 0) is 18.9 Å². The first-order chi connectivity index (χ1) is 11.6. The molecule has 1 N–H and O–H groups in total. The number of rotatable bonds is 6. The number of carbonyl (C=O) groups excluding carboxylic acids is 2. The first-order valence-corrected chi connectivity index (χ1v) is 8.42. The second-order valence-electron chi connectivity index (χ2n) is 6.54. The van der Waals surface area contributed by atoms with Gasteiger partial charge in [-0.15, -0.1) is 0 Å². The number of ether oxygens (including phenoxy) is 1. The molecule has 0 aromatic heterocycles. The lowest BCUT2D eigenvalue weighted by atomic mass is 9.81. The summed E-state index contributed by atoms with van der Waals surface area (Å²) >= 11 is 0. The molecule has 5 nitrogen and oxygen atoms in total. The van der Waals surface area contributed by atoms with Crippen LogP contribution in [0.2, 0.25) is 0 Å². The molecule has 3 atom stereocenters. The van der Waals surface area contributed by atoms with Crippen molar-refractivity contribution < 1.29 is 23.8 Å². The number of likely N-dealkylation sites (tertiary alicyclic amines) is 1. The quantitative estimate of drug-likeness (QED) is 0.806. The Labute approximate surface area is 140 Å². The Bertz CT molecular complexity index is 597. The summed E-state index contributed by atoms with van der Waals surface area (Å²) in [5.41, 5.74) is 0.407. The van der Waals surface area contributed by atoms with E-state index in [2.05, 4.69) is 0 Å². The van der Waals surface area contributed by atoms with Crippen LogP contribution >= 0.6 is 0 Å². The molecule has 2 fully saturated rings. The fourth-order valence-electron chi connectivity index (χ4n) is 3.59. The smallest absolute Gasteiger partial charge is 0.233 e. The molecule has 6 heteroatoms. The van der Waals surface area contributed by atoms with Gasteiger partial charge in [0.25, 0.3) is 0 Å². The van der Waals surface area contributed by atoms with Crippen LogP contribution in [-0.4, -0.2) is 41.1 Å². The van der Waals surface area contributed by atoms with Gasteiger partial charge in [-0.2, -0.15) is 0 Å². The number of carbonyl (C=O) groups is 2. The molecule has 1 saturated carbocycles. The molecule has 1 aliphatic heterocycles. The van der Waals surface area contributed by atoms with Crippen LogP contribution in [0.1, 0.15) is 31.2 Å². The van der Waals surface area contributed by atoms with Crippen molar-refractivity contribution in [2.24, 2.45) is 11.8 Å². The van der Waals surface area contributed by atoms with Crippen LogP contribution in [0.5, 0.6) is 0 Å². The van der Waals surface area contributed by atoms with E-state index in [4.69, 9.17) is 4.74 Å². The van der Waals surface area contributed by atoms with E-state index in [9.17, 15) is 19.1 Å². The number of β-amino-alcohol motifs (C(OH)–C–C–N with tert-alkyl or cyclic N) is 1. The van der Waals surface area contributed by atoms with Crippen LogP contribution in [0.15, 0.2) is 24.3 Å². The fraction of sp³-hybridized carbons (Fsp3) is 0.556. The highest BCUT2D eigenvalue weighted by Gasteiger charge is 2.48. The average Bonchev–Trinajstić information content (AvgIpc) is 2.82. The van der Waals surface area contributed by atoms with Crippen molar-refractivity contribution in [1.29, 1.82) is 0 Å². The molecule has 1 aromatic carbocycles. The number of fused-ring (bicyclic) bond motifs is 1. The zero-order chi connectivity index (χ0) is 17.1. The minimum absolute atomic E-state index is 0.0386. The lowest BCUT2D eigenvalue weighted by molar-refractivity contribution is -0.142.